The predicted octanol–water partition coefficient (Wildman–Crippen LogP) is 6.24. The molecule has 2 aliphatic rings. The van der Waals surface area contributed by atoms with Crippen molar-refractivity contribution in [3.8, 4) is 5.82 Å². The third-order valence-corrected chi connectivity index (χ3v) is 8.00. The molecule has 0 atom stereocenters. The number of amides is 1. The smallest absolute Gasteiger partial charge is 0.407 e. The summed E-state index contributed by atoms with van der Waals surface area (Å²) in [6.07, 6.45) is 3.97. The van der Waals surface area contributed by atoms with E-state index < -0.39 is 12.0 Å². The molecule has 1 aliphatic heterocycles. The monoisotopic (exact) mass is 584 g/mol. The van der Waals surface area contributed by atoms with Gasteiger partial charge in [-0.3, -0.25) is 4.57 Å². The molecule has 2 fully saturated rings. The van der Waals surface area contributed by atoms with Crippen LogP contribution in [0.15, 0.2) is 30.3 Å². The minimum Gasteiger partial charge on any atom is -0.444 e. The van der Waals surface area contributed by atoms with Gasteiger partial charge in [0.1, 0.15) is 23.1 Å². The van der Waals surface area contributed by atoms with E-state index in [1.807, 2.05) is 26.8 Å². The van der Waals surface area contributed by atoms with Crippen LogP contribution in [0.1, 0.15) is 77.4 Å². The van der Waals surface area contributed by atoms with E-state index in [9.17, 15) is 13.6 Å². The topological polar surface area (TPSA) is 94.4 Å². The summed E-state index contributed by atoms with van der Waals surface area (Å²) < 4.78 is 40.6. The molecular formula is C31H42F2N6O3. The van der Waals surface area contributed by atoms with Gasteiger partial charge in [-0.1, -0.05) is 31.4 Å². The van der Waals surface area contributed by atoms with Crippen molar-refractivity contribution in [3.05, 3.63) is 42.0 Å². The van der Waals surface area contributed by atoms with E-state index in [-0.39, 0.29) is 11.9 Å². The molecule has 1 aliphatic carbocycles. The van der Waals surface area contributed by atoms with Gasteiger partial charge in [0, 0.05) is 32.1 Å². The molecule has 9 nitrogen and oxygen atoms in total. The molecule has 0 radical (unpaired) electrons. The van der Waals surface area contributed by atoms with Gasteiger partial charge in [0.2, 0.25) is 0 Å². The number of fused-ring (bicyclic) bond motifs is 1. The Morgan fingerprint density at radius 2 is 1.74 bits per heavy atom. The van der Waals surface area contributed by atoms with Gasteiger partial charge in [-0.25, -0.2) is 28.5 Å². The van der Waals surface area contributed by atoms with Gasteiger partial charge in [-0.05, 0) is 64.0 Å². The average molecular weight is 585 g/mol. The van der Waals surface area contributed by atoms with E-state index >= 15 is 0 Å². The molecule has 0 unspecified atom stereocenters. The first-order valence-electron chi connectivity index (χ1n) is 15.1. The molecule has 1 aromatic carbocycles. The number of carbonyl (C=O) groups excluding carboxylic acids is 1. The minimum absolute atomic E-state index is 0.313. The van der Waals surface area contributed by atoms with Crippen LogP contribution >= 0.6 is 0 Å². The Hall–Kier alpha value is -3.34. The quantitative estimate of drug-likeness (QED) is 0.318. The van der Waals surface area contributed by atoms with Crippen molar-refractivity contribution in [2.24, 2.45) is 11.8 Å². The number of anilines is 1. The maximum absolute atomic E-state index is 14.1. The third kappa shape index (κ3) is 7.73. The number of nitrogens with zero attached hydrogens (tertiary/aromatic N) is 5. The van der Waals surface area contributed by atoms with Gasteiger partial charge in [0.05, 0.1) is 24.2 Å². The van der Waals surface area contributed by atoms with Crippen LogP contribution in [0.25, 0.3) is 16.9 Å². The van der Waals surface area contributed by atoms with Crippen molar-refractivity contribution in [2.45, 2.75) is 77.7 Å². The number of aryl methyl sites for hydroxylation is 1. The summed E-state index contributed by atoms with van der Waals surface area (Å²) in [6, 6.07) is 8.95. The fourth-order valence-electron chi connectivity index (χ4n) is 5.90. The van der Waals surface area contributed by atoms with Crippen molar-refractivity contribution in [1.82, 2.24) is 24.8 Å². The van der Waals surface area contributed by atoms with E-state index in [2.05, 4.69) is 15.2 Å². The molecule has 3 aromatic rings. The molecular weight excluding hydrogens is 542 g/mol. The molecule has 0 bridgehead atoms. The number of alkyl carbamates (subject to hydrolysis) is 1. The highest BCUT2D eigenvalue weighted by molar-refractivity contribution is 5.78. The van der Waals surface area contributed by atoms with E-state index in [0.717, 1.165) is 44.3 Å². The number of nitrogens with one attached hydrogen (secondary N) is 1. The second-order valence-electron chi connectivity index (χ2n) is 12.4. The number of alkyl halides is 2. The lowest BCUT2D eigenvalue weighted by molar-refractivity contribution is 0.0513. The SMILES string of the molecule is CC(C)(C)OC(=O)NCC1CCC(CCCc2nc(N3CCOCC3)cc(-n3c(C(F)F)nc4ccccc43)n2)CC1. The Kier molecular flexibility index (Phi) is 9.55. The van der Waals surface area contributed by atoms with Crippen LogP contribution in [-0.2, 0) is 15.9 Å². The number of imidazole rings is 1. The molecule has 228 valence electrons. The molecule has 3 heterocycles. The van der Waals surface area contributed by atoms with Crippen LogP contribution in [0.2, 0.25) is 0 Å². The lowest BCUT2D eigenvalue weighted by atomic mass is 9.80. The number of hydrogen-bond donors (Lipinski definition) is 1. The Labute approximate surface area is 246 Å². The van der Waals surface area contributed by atoms with Gasteiger partial charge < -0.3 is 19.7 Å². The normalized spacial score (nSPS) is 19.8. The van der Waals surface area contributed by atoms with Crippen LogP contribution in [0, 0.1) is 11.8 Å². The Bertz CT molecular complexity index is 1340. The van der Waals surface area contributed by atoms with E-state index in [4.69, 9.17) is 19.4 Å². The number of morpholine rings is 1. The van der Waals surface area contributed by atoms with Crippen molar-refractivity contribution < 1.29 is 23.0 Å². The van der Waals surface area contributed by atoms with E-state index in [1.165, 1.54) is 4.57 Å². The highest BCUT2D eigenvalue weighted by Gasteiger charge is 2.25. The second kappa shape index (κ2) is 13.3. The van der Waals surface area contributed by atoms with Gasteiger partial charge in [-0.2, -0.15) is 0 Å². The molecule has 1 N–H and O–H groups in total. The van der Waals surface area contributed by atoms with Gasteiger partial charge in [-0.15, -0.1) is 0 Å². The van der Waals surface area contributed by atoms with E-state index in [0.29, 0.717) is 73.8 Å². The lowest BCUT2D eigenvalue weighted by Gasteiger charge is -2.29. The van der Waals surface area contributed by atoms with Crippen LogP contribution in [0.5, 0.6) is 0 Å². The molecule has 0 spiro atoms. The van der Waals surface area contributed by atoms with Gasteiger partial charge in [0.25, 0.3) is 6.43 Å². The van der Waals surface area contributed by atoms with Crippen molar-refractivity contribution >= 4 is 22.9 Å². The number of ether oxygens (including phenoxy) is 2. The predicted molar refractivity (Wildman–Crippen MR) is 157 cm³/mol. The zero-order valence-corrected chi connectivity index (χ0v) is 24.8. The number of para-hydroxylation sites is 2. The summed E-state index contributed by atoms with van der Waals surface area (Å²) in [4.78, 5) is 28.0. The Morgan fingerprint density at radius 3 is 2.45 bits per heavy atom. The number of benzene rings is 1. The number of halogens is 2. The maximum atomic E-state index is 14.1. The van der Waals surface area contributed by atoms with Crippen LogP contribution < -0.4 is 10.2 Å². The Balaban J connectivity index is 1.24. The molecule has 1 amide bonds. The van der Waals surface area contributed by atoms with Crippen LogP contribution in [0.3, 0.4) is 0 Å². The second-order valence-corrected chi connectivity index (χ2v) is 12.4. The van der Waals surface area contributed by atoms with Crippen molar-refractivity contribution in [1.29, 1.82) is 0 Å². The highest BCUT2D eigenvalue weighted by Crippen LogP contribution is 2.32. The molecule has 1 saturated carbocycles. The summed E-state index contributed by atoms with van der Waals surface area (Å²) in [5.74, 6) is 2.58. The van der Waals surface area contributed by atoms with Crippen molar-refractivity contribution in [2.75, 3.05) is 37.7 Å². The zero-order chi connectivity index (χ0) is 29.7. The zero-order valence-electron chi connectivity index (χ0n) is 24.8. The average Bonchev–Trinajstić information content (AvgIpc) is 3.36. The maximum Gasteiger partial charge on any atom is 0.407 e. The van der Waals surface area contributed by atoms with Gasteiger partial charge in [0.15, 0.2) is 5.82 Å². The molecule has 1 saturated heterocycles. The summed E-state index contributed by atoms with van der Waals surface area (Å²) in [6.45, 7) is 8.81. The Morgan fingerprint density at radius 1 is 1.05 bits per heavy atom. The largest absolute Gasteiger partial charge is 0.444 e. The molecule has 42 heavy (non-hydrogen) atoms. The fourth-order valence-corrected chi connectivity index (χ4v) is 5.90. The number of carbonyl (C=O) groups is 1. The summed E-state index contributed by atoms with van der Waals surface area (Å²) in [5.41, 5.74) is 0.618. The first-order chi connectivity index (χ1) is 20.2. The van der Waals surface area contributed by atoms with E-state index in [1.54, 1.807) is 24.3 Å². The molecule has 11 heteroatoms. The molecule has 2 aromatic heterocycles. The van der Waals surface area contributed by atoms with Crippen LogP contribution in [0.4, 0.5) is 19.4 Å². The first kappa shape index (κ1) is 30.1. The lowest BCUT2D eigenvalue weighted by Crippen LogP contribution is -2.37. The summed E-state index contributed by atoms with van der Waals surface area (Å²) in [5, 5.41) is 2.92. The van der Waals surface area contributed by atoms with Gasteiger partial charge >= 0.3 is 6.09 Å². The van der Waals surface area contributed by atoms with Crippen molar-refractivity contribution in [3.63, 3.8) is 0 Å². The number of aromatic nitrogens is 4. The minimum atomic E-state index is -2.74. The third-order valence-electron chi connectivity index (χ3n) is 8.00. The standard InChI is InChI=1S/C31H42F2N6O3/c1-31(2,3)42-30(40)34-20-22-13-11-21(12-14-22)7-6-10-25-36-26(38-15-17-41-18-16-38)19-27(37-25)39-24-9-5-4-8-23(24)35-29(39)28(32)33/h4-5,8-9,19,21-22,28H,6-7,10-18,20H2,1-3H3,(H,34,40). The number of rotatable bonds is 9. The first-order valence-corrected chi connectivity index (χ1v) is 15.1. The number of hydrogen-bond acceptors (Lipinski definition) is 7. The fraction of sp³-hybridized carbons (Fsp3) is 0.613. The summed E-state index contributed by atoms with van der Waals surface area (Å²) >= 11 is 0. The molecule has 5 rings (SSSR count). The highest BCUT2D eigenvalue weighted by atomic mass is 19.3. The van der Waals surface area contributed by atoms with Crippen LogP contribution in [-0.4, -0.2) is 64.1 Å². The summed E-state index contributed by atoms with van der Waals surface area (Å²) in [7, 11) is 0.